The maximum Gasteiger partial charge on any atom is 0.499 e. The fraction of sp³-hybridized carbons (Fsp3) is 0.301. The number of amides is 1. The number of pyridine rings is 2. The van der Waals surface area contributed by atoms with Crippen molar-refractivity contribution in [3.05, 3.63) is 228 Å². The number of morpholine rings is 4. The topological polar surface area (TPSA) is 405 Å². The van der Waals surface area contributed by atoms with Crippen molar-refractivity contribution < 1.29 is 80.8 Å². The minimum atomic E-state index is -0.940. The van der Waals surface area contributed by atoms with Crippen LogP contribution in [-0.4, -0.2) is 193 Å². The number of carboxylic acid groups (broad SMARTS) is 3. The van der Waals surface area contributed by atoms with E-state index in [0.29, 0.717) is 95.8 Å². The van der Waals surface area contributed by atoms with Gasteiger partial charge < -0.3 is 102 Å². The Bertz CT molecular complexity index is 5380. The average molecular weight is 1700 g/mol. The van der Waals surface area contributed by atoms with Crippen LogP contribution in [0.5, 0.6) is 0 Å². The number of carbonyl (C=O) groups excluding carboxylic acids is 1. The molecular weight excluding hydrogens is 1610 g/mol. The fourth-order valence-electron chi connectivity index (χ4n) is 13.3. The number of hydrogen-bond donors (Lipinski definition) is 7. The summed E-state index contributed by atoms with van der Waals surface area (Å²) in [6.07, 6.45) is 12.5. The van der Waals surface area contributed by atoms with Gasteiger partial charge in [0.1, 0.15) is 25.1 Å². The van der Waals surface area contributed by atoms with Crippen molar-refractivity contribution in [3.63, 3.8) is 0 Å². The number of rotatable bonds is 13. The number of halogens is 1. The summed E-state index contributed by atoms with van der Waals surface area (Å²) in [5.74, 6) is -2.97. The Balaban J connectivity index is 0.000000132. The molecule has 31 nitrogen and oxygen atoms in total. The van der Waals surface area contributed by atoms with Crippen molar-refractivity contribution in [2.45, 2.75) is 59.7 Å². The van der Waals surface area contributed by atoms with Crippen LogP contribution < -0.4 is 47.2 Å². The highest BCUT2D eigenvalue weighted by molar-refractivity contribution is 14.1. The van der Waals surface area contributed by atoms with Crippen molar-refractivity contribution >= 4 is 115 Å². The van der Waals surface area contributed by atoms with Gasteiger partial charge >= 0.3 is 25.0 Å². The SMILES string of the molecule is CC1(C)OB(c2cnoc2)OC1(C)C.Cc1cc(=O)[nH]c2ccc(NC(=O)c3cc(-c4cnoc4)ccc3N3CCOCC3)cc12.Cc1cc2[nH]c(=O)cc(C)c2cc1N.O=C(O)c1cc(-c2cnoc2)ccc1N1CCOCC1.O=C(O)c1cc(-c2cnoc2)ccc1N1CCOCC1.O=C(O)c1cc(I)ccc1N1CCOCC1. The van der Waals surface area contributed by atoms with Gasteiger partial charge in [0.2, 0.25) is 11.1 Å². The van der Waals surface area contributed by atoms with E-state index >= 15 is 0 Å². The zero-order chi connectivity index (χ0) is 82.2. The molecule has 0 radical (unpaired) electrons. The molecule has 12 aromatic rings. The number of aromatic nitrogens is 6. The first-order valence-electron chi connectivity index (χ1n) is 37.3. The number of nitrogen functional groups attached to an aromatic ring is 1. The van der Waals surface area contributed by atoms with Gasteiger partial charge in [-0.05, 0) is 189 Å². The number of carboxylic acids is 3. The molecule has 0 bridgehead atoms. The molecule has 0 aliphatic carbocycles. The molecule has 8 N–H and O–H groups in total. The monoisotopic (exact) mass is 1690 g/mol. The van der Waals surface area contributed by atoms with Crippen LogP contribution in [0.1, 0.15) is 85.8 Å². The quantitative estimate of drug-likeness (QED) is 0.0320. The van der Waals surface area contributed by atoms with Crippen LogP contribution in [0.25, 0.3) is 55.2 Å². The molecule has 1 amide bonds. The maximum absolute atomic E-state index is 13.4. The molecule has 6 aromatic heterocycles. The van der Waals surface area contributed by atoms with E-state index in [4.69, 9.17) is 57.2 Å². The van der Waals surface area contributed by atoms with Crippen LogP contribution in [0.4, 0.5) is 34.1 Å². The second-order valence-corrected chi connectivity index (χ2v) is 29.8. The molecule has 5 fully saturated rings. The summed E-state index contributed by atoms with van der Waals surface area (Å²) in [6.45, 7) is 24.5. The number of nitrogens with zero attached hydrogens (tertiary/aromatic N) is 8. The van der Waals surface area contributed by atoms with Crippen molar-refractivity contribution in [3.8, 4) is 33.4 Å². The van der Waals surface area contributed by atoms with Crippen LogP contribution in [0.3, 0.4) is 0 Å². The molecule has 116 heavy (non-hydrogen) atoms. The van der Waals surface area contributed by atoms with E-state index in [1.54, 1.807) is 79.8 Å². The van der Waals surface area contributed by atoms with Gasteiger partial charge in [0, 0.05) is 129 Å². The van der Waals surface area contributed by atoms with Gasteiger partial charge in [0.15, 0.2) is 0 Å². The molecule has 33 heteroatoms. The molecule has 5 aliphatic heterocycles. The number of ether oxygens (including phenoxy) is 4. The van der Waals surface area contributed by atoms with Crippen LogP contribution in [0.15, 0.2) is 193 Å². The van der Waals surface area contributed by atoms with Crippen LogP contribution in [0, 0.1) is 24.3 Å². The number of aromatic amines is 2. The molecule has 0 unspecified atom stereocenters. The van der Waals surface area contributed by atoms with E-state index in [1.807, 2.05) is 131 Å². The molecule has 604 valence electrons. The molecule has 0 atom stereocenters. The predicted molar refractivity (Wildman–Crippen MR) is 446 cm³/mol. The Morgan fingerprint density at radius 3 is 1.21 bits per heavy atom. The van der Waals surface area contributed by atoms with Crippen molar-refractivity contribution in [1.29, 1.82) is 0 Å². The Morgan fingerprint density at radius 1 is 0.440 bits per heavy atom. The highest BCUT2D eigenvalue weighted by Gasteiger charge is 2.52. The standard InChI is InChI=1S/C24H22N4O4.2C14H14N2O4.C11H12INO3.C11H12N2O.C9H14BNO3/c1-15-10-23(29)27-21-4-3-18(12-19(15)21)26-24(30)20-11-16(17-13-25-32-14-17)2-5-22(20)28-6-8-31-9-7-28;2*17-14(18)12-7-10(11-8-15-20-9-11)1-2-13(12)16-3-5-19-6-4-16;12-8-1-2-10(9(7-8)11(14)15)13-3-5-16-6-4-13;1-6-4-11(14)13-10-3-7(2)9(12)5-8(6)10;1-8(2)9(3,4)14-10(13-8)7-5-11-12-6-7/h2-5,10-14H,6-9H2,1H3,(H,26,30)(H,27,29);2*1-2,7-9H,3-6H2,(H,17,18);1-2,7H,3-6H2,(H,14,15);3-5H,12H2,1-2H3,(H,13,14);5-6H,1-4H3. The molecule has 0 saturated carbocycles. The lowest BCUT2D eigenvalue weighted by molar-refractivity contribution is 0.00578. The van der Waals surface area contributed by atoms with E-state index in [1.165, 1.54) is 12.5 Å². The second-order valence-electron chi connectivity index (χ2n) is 28.6. The van der Waals surface area contributed by atoms with Gasteiger partial charge in [-0.25, -0.2) is 14.4 Å². The third-order valence-corrected chi connectivity index (χ3v) is 21.0. The van der Waals surface area contributed by atoms with E-state index in [0.717, 1.165) is 136 Å². The number of nitrogens with one attached hydrogen (secondary N) is 3. The highest BCUT2D eigenvalue weighted by Crippen LogP contribution is 2.38. The largest absolute Gasteiger partial charge is 0.499 e. The first kappa shape index (κ1) is 83.4. The van der Waals surface area contributed by atoms with Gasteiger partial charge in [-0.15, -0.1) is 0 Å². The van der Waals surface area contributed by atoms with Gasteiger partial charge in [-0.2, -0.15) is 0 Å². The van der Waals surface area contributed by atoms with Crippen molar-refractivity contribution in [1.82, 2.24) is 30.6 Å². The second kappa shape index (κ2) is 38.0. The molecule has 5 saturated heterocycles. The zero-order valence-corrected chi connectivity index (χ0v) is 67.0. The summed E-state index contributed by atoms with van der Waals surface area (Å²) in [4.78, 5) is 84.4. The average Bonchev–Trinajstić information content (AvgIpc) is 1.53. The number of aryl methyl sites for hydroxylation is 3. The minimum absolute atomic E-state index is 0.0702. The lowest BCUT2D eigenvalue weighted by atomic mass is 9.82. The number of anilines is 6. The van der Waals surface area contributed by atoms with Crippen molar-refractivity contribution in [2.75, 3.05) is 136 Å². The summed E-state index contributed by atoms with van der Waals surface area (Å²) in [5.41, 5.74) is 20.9. The summed E-state index contributed by atoms with van der Waals surface area (Å²) < 4.78 is 53.1. The summed E-state index contributed by atoms with van der Waals surface area (Å²) in [7, 11) is -0.369. The van der Waals surface area contributed by atoms with E-state index < -0.39 is 17.9 Å². The Kier molecular flexibility index (Phi) is 27.3. The number of hydrogen-bond acceptors (Lipinski definition) is 25. The Hall–Kier alpha value is -12.0. The van der Waals surface area contributed by atoms with Crippen LogP contribution >= 0.6 is 22.6 Å². The van der Waals surface area contributed by atoms with Gasteiger partial charge in [-0.3, -0.25) is 14.4 Å². The molecule has 5 aliphatic rings. The Morgan fingerprint density at radius 2 is 0.810 bits per heavy atom. The first-order valence-corrected chi connectivity index (χ1v) is 38.4. The highest BCUT2D eigenvalue weighted by atomic mass is 127. The fourth-order valence-corrected chi connectivity index (χ4v) is 13.8. The van der Waals surface area contributed by atoms with Gasteiger partial charge in [0.25, 0.3) is 5.91 Å². The smallest absolute Gasteiger partial charge is 0.478 e. The molecular formula is C83H88BIN12O19. The number of aromatic carboxylic acids is 3. The summed E-state index contributed by atoms with van der Waals surface area (Å²) in [5, 5.41) is 47.6. The lowest BCUT2D eigenvalue weighted by Crippen LogP contribution is -2.41. The Labute approximate surface area is 679 Å². The lowest BCUT2D eigenvalue weighted by Gasteiger charge is -2.32. The molecule has 0 spiro atoms. The molecule has 6 aromatic carbocycles. The number of benzene rings is 6. The summed E-state index contributed by atoms with van der Waals surface area (Å²) >= 11 is 2.12. The third-order valence-electron chi connectivity index (χ3n) is 20.3. The summed E-state index contributed by atoms with van der Waals surface area (Å²) in [6, 6.07) is 34.4. The van der Waals surface area contributed by atoms with E-state index in [2.05, 4.69) is 68.3 Å². The molecule has 17 rings (SSSR count). The van der Waals surface area contributed by atoms with Gasteiger partial charge in [-0.1, -0.05) is 38.8 Å². The number of carbonyl (C=O) groups is 4. The van der Waals surface area contributed by atoms with Crippen LogP contribution in [-0.2, 0) is 28.3 Å². The van der Waals surface area contributed by atoms with Crippen molar-refractivity contribution in [2.24, 2.45) is 0 Å². The first-order chi connectivity index (χ1) is 55.8. The number of H-pyrrole nitrogens is 2. The predicted octanol–water partition coefficient (Wildman–Crippen LogP) is 11.9. The van der Waals surface area contributed by atoms with E-state index in [9.17, 15) is 39.0 Å². The zero-order valence-electron chi connectivity index (χ0n) is 64.9. The number of nitrogens with two attached hydrogens (primary N) is 1. The molecule has 11 heterocycles. The van der Waals surface area contributed by atoms with Crippen LogP contribution in [0.2, 0.25) is 0 Å². The normalized spacial score (nSPS) is 15.6. The third kappa shape index (κ3) is 20.7. The maximum atomic E-state index is 13.4. The number of fused-ring (bicyclic) bond motifs is 2. The minimum Gasteiger partial charge on any atom is -0.478 e. The van der Waals surface area contributed by atoms with E-state index in [-0.39, 0.29) is 46.5 Å². The van der Waals surface area contributed by atoms with Gasteiger partial charge in [0.05, 0.1) is 128 Å².